The van der Waals surface area contributed by atoms with E-state index in [0.29, 0.717) is 32.5 Å². The van der Waals surface area contributed by atoms with Crippen LogP contribution in [0.2, 0.25) is 16.0 Å². The van der Waals surface area contributed by atoms with Crippen LogP contribution in [0.4, 0.5) is 5.82 Å². The van der Waals surface area contributed by atoms with E-state index >= 15 is 0 Å². The van der Waals surface area contributed by atoms with Gasteiger partial charge in [-0.05, 0) is 0 Å². The molecule has 5 N–H and O–H groups in total. The number of aliphatic carboxylic acids is 1. The first kappa shape index (κ1) is 20.5. The molecule has 0 spiro atoms. The van der Waals surface area contributed by atoms with Gasteiger partial charge < -0.3 is 0 Å². The normalized spacial score (nSPS) is 26.5. The summed E-state index contributed by atoms with van der Waals surface area (Å²) in [5.41, 5.74) is 6.80. The number of aliphatic hydroxyl groups excluding tert-OH is 1. The maximum absolute atomic E-state index is 11.4. The van der Waals surface area contributed by atoms with Gasteiger partial charge in [-0.1, -0.05) is 0 Å². The fraction of sp³-hybridized carbons (Fsp3) is 0.600. The van der Waals surface area contributed by atoms with Crippen LogP contribution in [0.15, 0.2) is 12.7 Å². The molecule has 0 bridgehead atoms. The topological polar surface area (TPSA) is 148 Å². The fourth-order valence-corrected chi connectivity index (χ4v) is 4.74. The van der Waals surface area contributed by atoms with Crippen molar-refractivity contribution in [2.75, 3.05) is 12.3 Å². The van der Waals surface area contributed by atoms with Gasteiger partial charge in [-0.25, -0.2) is 0 Å². The van der Waals surface area contributed by atoms with Gasteiger partial charge in [0, 0.05) is 0 Å². The molecular formula is C15H21N6O4Se2. The van der Waals surface area contributed by atoms with Gasteiger partial charge in [0.25, 0.3) is 0 Å². The number of carboxylic acids is 1. The van der Waals surface area contributed by atoms with Crippen LogP contribution in [-0.2, 0) is 9.53 Å². The van der Waals surface area contributed by atoms with Crippen molar-refractivity contribution in [2.24, 2.45) is 0 Å². The molecule has 147 valence electrons. The summed E-state index contributed by atoms with van der Waals surface area (Å²) < 4.78 is 7.70. The number of nitrogen functional groups attached to an aromatic ring is 1. The van der Waals surface area contributed by atoms with Crippen LogP contribution in [-0.4, -0.2) is 91.5 Å². The van der Waals surface area contributed by atoms with E-state index in [1.54, 1.807) is 10.9 Å². The van der Waals surface area contributed by atoms with E-state index in [1.807, 2.05) is 0 Å². The van der Waals surface area contributed by atoms with Gasteiger partial charge in [0.2, 0.25) is 0 Å². The fourth-order valence-electron chi connectivity index (χ4n) is 2.97. The van der Waals surface area contributed by atoms with Crippen molar-refractivity contribution < 1.29 is 19.7 Å². The Hall–Kier alpha value is -1.26. The van der Waals surface area contributed by atoms with Crippen molar-refractivity contribution in [3.63, 3.8) is 0 Å². The summed E-state index contributed by atoms with van der Waals surface area (Å²) in [6.45, 7) is 0.229. The number of aliphatic hydroxyl groups is 1. The minimum absolute atomic E-state index is 0.229. The van der Waals surface area contributed by atoms with E-state index in [-0.39, 0.29) is 17.2 Å². The van der Waals surface area contributed by atoms with E-state index in [0.717, 1.165) is 5.32 Å². The van der Waals surface area contributed by atoms with Crippen molar-refractivity contribution >= 4 is 53.9 Å². The SMILES string of the molecule is C[Se]CCC(NC[C@H]1O[C@@H](n2cnc3c(N)ncnc32)[C@H]([Se])[C@@H]1O)C(=O)O. The van der Waals surface area contributed by atoms with E-state index in [2.05, 4.69) is 42.1 Å². The van der Waals surface area contributed by atoms with Crippen molar-refractivity contribution in [1.29, 1.82) is 0 Å². The molecule has 2 aromatic heterocycles. The van der Waals surface area contributed by atoms with Gasteiger partial charge in [0.15, 0.2) is 0 Å². The van der Waals surface area contributed by atoms with Crippen molar-refractivity contribution in [3.05, 3.63) is 12.7 Å². The molecule has 2 aromatic rings. The zero-order valence-electron chi connectivity index (χ0n) is 14.6. The van der Waals surface area contributed by atoms with Crippen LogP contribution in [0.1, 0.15) is 12.6 Å². The van der Waals surface area contributed by atoms with Gasteiger partial charge in [-0.2, -0.15) is 0 Å². The van der Waals surface area contributed by atoms with Crippen LogP contribution in [0.25, 0.3) is 11.2 Å². The molecule has 0 saturated carbocycles. The molecule has 5 atom stereocenters. The molecule has 3 heterocycles. The molecule has 0 amide bonds. The third-order valence-corrected chi connectivity index (χ3v) is 6.87. The number of carbonyl (C=O) groups is 1. The predicted octanol–water partition coefficient (Wildman–Crippen LogP) is -0.773. The molecular weight excluding hydrogens is 486 g/mol. The number of aromatic nitrogens is 4. The summed E-state index contributed by atoms with van der Waals surface area (Å²) in [6.07, 6.45) is 1.56. The van der Waals surface area contributed by atoms with Crippen molar-refractivity contribution in [1.82, 2.24) is 24.8 Å². The molecule has 10 nitrogen and oxygen atoms in total. The number of hydrogen-bond donors (Lipinski definition) is 4. The van der Waals surface area contributed by atoms with E-state index < -0.39 is 30.4 Å². The van der Waals surface area contributed by atoms with E-state index in [4.69, 9.17) is 10.5 Å². The summed E-state index contributed by atoms with van der Waals surface area (Å²) >= 11 is 3.36. The number of nitrogens with zero attached hydrogens (tertiary/aromatic N) is 4. The van der Waals surface area contributed by atoms with Crippen LogP contribution >= 0.6 is 0 Å². The molecule has 1 aliphatic rings. The first-order valence-corrected chi connectivity index (χ1v) is 12.2. The quantitative estimate of drug-likeness (QED) is 0.338. The van der Waals surface area contributed by atoms with Gasteiger partial charge in [-0.3, -0.25) is 0 Å². The first-order chi connectivity index (χ1) is 12.9. The summed E-state index contributed by atoms with van der Waals surface area (Å²) in [5.74, 6) is 1.45. The molecule has 1 radical (unpaired) electrons. The average molecular weight is 507 g/mol. The van der Waals surface area contributed by atoms with Gasteiger partial charge in [0.1, 0.15) is 0 Å². The number of anilines is 1. The second-order valence-electron chi connectivity index (χ2n) is 6.18. The number of nitrogens with one attached hydrogen (secondary N) is 1. The van der Waals surface area contributed by atoms with E-state index in [9.17, 15) is 15.0 Å². The molecule has 1 aliphatic heterocycles. The molecule has 27 heavy (non-hydrogen) atoms. The van der Waals surface area contributed by atoms with Crippen LogP contribution in [0.5, 0.6) is 0 Å². The number of rotatable bonds is 8. The number of ether oxygens (including phenoxy) is 1. The monoisotopic (exact) mass is 509 g/mol. The summed E-state index contributed by atoms with van der Waals surface area (Å²) in [5, 5.41) is 23.8. The molecule has 1 unspecified atom stereocenters. The Bertz CT molecular complexity index is 806. The average Bonchev–Trinajstić information content (AvgIpc) is 3.18. The summed E-state index contributed by atoms with van der Waals surface area (Å²) in [7, 11) is 0. The first-order valence-electron chi connectivity index (χ1n) is 8.31. The molecule has 3 rings (SSSR count). The van der Waals surface area contributed by atoms with Crippen LogP contribution in [0, 0.1) is 0 Å². The zero-order valence-corrected chi connectivity index (χ0v) is 18.0. The second kappa shape index (κ2) is 8.83. The standard InChI is InChI=1S/C15H21N6O4Se2/c1-27-3-2-7(15(23)24)17-4-8-10(22)11(26)14(25-8)21-6-20-9-12(16)18-5-19-13(9)21/h5-8,10-11,14,17,22H,2-4H2,1H3,(H,23,24)(H2,16,18,19)/t7?,8-,10-,11-,14-/m1/s1. The number of imidazole rings is 1. The Labute approximate surface area is 170 Å². The van der Waals surface area contributed by atoms with Gasteiger partial charge in [0.05, 0.1) is 0 Å². The Morgan fingerprint density at radius 2 is 2.30 bits per heavy atom. The predicted molar refractivity (Wildman–Crippen MR) is 99.6 cm³/mol. The minimum atomic E-state index is -0.893. The third-order valence-electron chi connectivity index (χ3n) is 4.45. The van der Waals surface area contributed by atoms with Gasteiger partial charge in [-0.15, -0.1) is 0 Å². The van der Waals surface area contributed by atoms with Crippen LogP contribution < -0.4 is 11.1 Å². The summed E-state index contributed by atoms with van der Waals surface area (Å²) in [4.78, 5) is 23.4. The molecule has 1 fully saturated rings. The van der Waals surface area contributed by atoms with E-state index in [1.165, 1.54) is 6.33 Å². The zero-order chi connectivity index (χ0) is 19.6. The molecule has 0 aliphatic carbocycles. The Balaban J connectivity index is 1.71. The van der Waals surface area contributed by atoms with Gasteiger partial charge >= 0.3 is 170 Å². The van der Waals surface area contributed by atoms with Crippen molar-refractivity contribution in [2.45, 2.75) is 46.9 Å². The third kappa shape index (κ3) is 4.27. The Morgan fingerprint density at radius 1 is 1.52 bits per heavy atom. The number of hydrogen-bond acceptors (Lipinski definition) is 8. The van der Waals surface area contributed by atoms with Crippen LogP contribution in [0.3, 0.4) is 0 Å². The maximum atomic E-state index is 11.4. The molecule has 1 saturated heterocycles. The Morgan fingerprint density at radius 3 is 3.00 bits per heavy atom. The Kier molecular flexibility index (Phi) is 6.69. The molecule has 0 aromatic carbocycles. The number of nitrogens with two attached hydrogens (primary N) is 1. The number of carboxylic acid groups (broad SMARTS) is 1. The van der Waals surface area contributed by atoms with Crippen molar-refractivity contribution in [3.8, 4) is 0 Å². The second-order valence-corrected chi connectivity index (χ2v) is 9.39. The molecule has 12 heteroatoms. The summed E-state index contributed by atoms with van der Waals surface area (Å²) in [6, 6.07) is -0.650. The number of fused-ring (bicyclic) bond motifs is 1.